The lowest BCUT2D eigenvalue weighted by molar-refractivity contribution is 0.0442. The van der Waals surface area contributed by atoms with Gasteiger partial charge in [0.05, 0.1) is 11.4 Å². The number of nitrogens with zero attached hydrogens (tertiary/aromatic N) is 5. The molecule has 0 radical (unpaired) electrons. The van der Waals surface area contributed by atoms with Crippen molar-refractivity contribution in [1.82, 2.24) is 24.5 Å². The molecular weight excluding hydrogens is 322 g/mol. The Balaban J connectivity index is 1.41. The average Bonchev–Trinajstić information content (AvgIpc) is 3.29. The highest BCUT2D eigenvalue weighted by Crippen LogP contribution is 2.40. The number of aryl methyl sites for hydroxylation is 2. The molecule has 0 amide bonds. The number of hydrogen-bond acceptors (Lipinski definition) is 7. The second-order valence-electron chi connectivity index (χ2n) is 7.22. The van der Waals surface area contributed by atoms with Gasteiger partial charge in [-0.25, -0.2) is 0 Å². The summed E-state index contributed by atoms with van der Waals surface area (Å²) in [6.45, 7) is 9.50. The molecule has 2 aromatic heterocycles. The van der Waals surface area contributed by atoms with E-state index in [2.05, 4.69) is 36.8 Å². The molecular formula is C17H25N5OS. The Morgan fingerprint density at radius 3 is 2.67 bits per heavy atom. The predicted molar refractivity (Wildman–Crippen MR) is 92.8 cm³/mol. The summed E-state index contributed by atoms with van der Waals surface area (Å²) in [5.74, 6) is 0.975. The van der Waals surface area contributed by atoms with Crippen molar-refractivity contribution in [3.8, 4) is 0 Å². The largest absolute Gasteiger partial charge is 0.361 e. The molecule has 1 spiro atoms. The second-order valence-corrected chi connectivity index (χ2v) is 7.83. The van der Waals surface area contributed by atoms with Gasteiger partial charge >= 0.3 is 0 Å². The molecule has 0 atom stereocenters. The van der Waals surface area contributed by atoms with Crippen molar-refractivity contribution < 1.29 is 4.52 Å². The van der Waals surface area contributed by atoms with E-state index in [0.29, 0.717) is 5.54 Å². The lowest BCUT2D eigenvalue weighted by Gasteiger charge is -2.45. The van der Waals surface area contributed by atoms with E-state index in [-0.39, 0.29) is 0 Å². The van der Waals surface area contributed by atoms with Crippen molar-refractivity contribution in [3.63, 3.8) is 0 Å². The van der Waals surface area contributed by atoms with Crippen LogP contribution >= 0.6 is 11.5 Å². The van der Waals surface area contributed by atoms with Crippen molar-refractivity contribution in [2.75, 3.05) is 19.6 Å². The van der Waals surface area contributed by atoms with E-state index in [1.165, 1.54) is 49.3 Å². The van der Waals surface area contributed by atoms with Crippen molar-refractivity contribution >= 4 is 11.5 Å². The van der Waals surface area contributed by atoms with E-state index in [4.69, 9.17) is 4.52 Å². The molecule has 2 saturated heterocycles. The third-order valence-corrected chi connectivity index (χ3v) is 6.40. The van der Waals surface area contributed by atoms with Crippen LogP contribution in [0, 0.1) is 13.8 Å². The summed E-state index contributed by atoms with van der Waals surface area (Å²) in [4.78, 5) is 5.22. The summed E-state index contributed by atoms with van der Waals surface area (Å²) in [5.41, 5.74) is 3.80. The average molecular weight is 347 g/mol. The predicted octanol–water partition coefficient (Wildman–Crippen LogP) is 2.77. The fourth-order valence-electron chi connectivity index (χ4n) is 4.34. The van der Waals surface area contributed by atoms with Crippen LogP contribution in [0.15, 0.2) is 9.90 Å². The molecule has 130 valence electrons. The van der Waals surface area contributed by atoms with Gasteiger partial charge in [0.2, 0.25) is 0 Å². The first-order chi connectivity index (χ1) is 11.7. The van der Waals surface area contributed by atoms with Gasteiger partial charge in [-0.05, 0) is 57.6 Å². The normalized spacial score (nSPS) is 21.8. The highest BCUT2D eigenvalue weighted by Gasteiger charge is 2.43. The van der Waals surface area contributed by atoms with Crippen LogP contribution in [-0.4, -0.2) is 49.7 Å². The Kier molecular flexibility index (Phi) is 4.40. The monoisotopic (exact) mass is 347 g/mol. The number of rotatable bonds is 4. The van der Waals surface area contributed by atoms with Gasteiger partial charge in [0.1, 0.15) is 5.76 Å². The molecule has 24 heavy (non-hydrogen) atoms. The standard InChI is InChI=1S/C17H25N5OS/c1-13-16(14(2)23-19-13)11-22-7-3-4-17(22)5-8-21(9-6-17)10-15-12-24-20-18-15/h12H,3-11H2,1-2H3. The molecule has 0 N–H and O–H groups in total. The first-order valence-corrected chi connectivity index (χ1v) is 9.65. The number of likely N-dealkylation sites (tertiary alicyclic amines) is 2. The molecule has 0 aromatic carbocycles. The minimum Gasteiger partial charge on any atom is -0.361 e. The molecule has 0 aliphatic carbocycles. The first-order valence-electron chi connectivity index (χ1n) is 8.81. The topological polar surface area (TPSA) is 58.3 Å². The zero-order valence-corrected chi connectivity index (χ0v) is 15.3. The Morgan fingerprint density at radius 1 is 1.17 bits per heavy atom. The first kappa shape index (κ1) is 16.2. The van der Waals surface area contributed by atoms with Gasteiger partial charge in [-0.3, -0.25) is 9.80 Å². The van der Waals surface area contributed by atoms with E-state index in [1.807, 2.05) is 6.92 Å². The van der Waals surface area contributed by atoms with Crippen LogP contribution in [0.1, 0.15) is 48.4 Å². The second kappa shape index (κ2) is 6.54. The summed E-state index contributed by atoms with van der Waals surface area (Å²) in [6.07, 6.45) is 5.11. The lowest BCUT2D eigenvalue weighted by Crippen LogP contribution is -2.51. The maximum absolute atomic E-state index is 5.36. The summed E-state index contributed by atoms with van der Waals surface area (Å²) in [6, 6.07) is 0. The van der Waals surface area contributed by atoms with Crippen LogP contribution in [0.5, 0.6) is 0 Å². The van der Waals surface area contributed by atoms with E-state index < -0.39 is 0 Å². The van der Waals surface area contributed by atoms with E-state index >= 15 is 0 Å². The van der Waals surface area contributed by atoms with Crippen LogP contribution in [0.25, 0.3) is 0 Å². The van der Waals surface area contributed by atoms with E-state index in [0.717, 1.165) is 43.3 Å². The Labute approximate surface area is 147 Å². The van der Waals surface area contributed by atoms with Gasteiger partial charge < -0.3 is 4.52 Å². The van der Waals surface area contributed by atoms with E-state index in [9.17, 15) is 0 Å². The zero-order valence-electron chi connectivity index (χ0n) is 14.5. The minimum atomic E-state index is 0.368. The van der Waals surface area contributed by atoms with Gasteiger partial charge in [-0.2, -0.15) is 0 Å². The molecule has 2 aromatic rings. The quantitative estimate of drug-likeness (QED) is 0.848. The van der Waals surface area contributed by atoms with Gasteiger partial charge in [0.15, 0.2) is 0 Å². The molecule has 7 heteroatoms. The maximum atomic E-state index is 5.36. The maximum Gasteiger partial charge on any atom is 0.138 e. The Hall–Kier alpha value is -1.31. The highest BCUT2D eigenvalue weighted by atomic mass is 32.1. The van der Waals surface area contributed by atoms with Gasteiger partial charge in [-0.1, -0.05) is 9.64 Å². The Morgan fingerprint density at radius 2 is 2.00 bits per heavy atom. The van der Waals surface area contributed by atoms with Crippen LogP contribution in [0.2, 0.25) is 0 Å². The lowest BCUT2D eigenvalue weighted by atomic mass is 9.84. The molecule has 0 bridgehead atoms. The van der Waals surface area contributed by atoms with Crippen LogP contribution in [0.3, 0.4) is 0 Å². The van der Waals surface area contributed by atoms with Gasteiger partial charge in [0.25, 0.3) is 0 Å². The molecule has 0 unspecified atom stereocenters. The fraction of sp³-hybridized carbons (Fsp3) is 0.706. The van der Waals surface area contributed by atoms with Crippen molar-refractivity contribution in [1.29, 1.82) is 0 Å². The van der Waals surface area contributed by atoms with Gasteiger partial charge in [-0.15, -0.1) is 5.10 Å². The summed E-state index contributed by atoms with van der Waals surface area (Å²) >= 11 is 1.44. The molecule has 6 nitrogen and oxygen atoms in total. The van der Waals surface area contributed by atoms with Crippen LogP contribution in [-0.2, 0) is 13.1 Å². The highest BCUT2D eigenvalue weighted by molar-refractivity contribution is 7.03. The van der Waals surface area contributed by atoms with Crippen LogP contribution in [0.4, 0.5) is 0 Å². The van der Waals surface area contributed by atoms with Crippen molar-refractivity contribution in [3.05, 3.63) is 28.1 Å². The minimum absolute atomic E-state index is 0.368. The van der Waals surface area contributed by atoms with E-state index in [1.54, 1.807) is 0 Å². The number of piperidine rings is 1. The Bertz CT molecular complexity index is 656. The molecule has 4 heterocycles. The van der Waals surface area contributed by atoms with Crippen LogP contribution < -0.4 is 0 Å². The summed E-state index contributed by atoms with van der Waals surface area (Å²) < 4.78 is 9.33. The van der Waals surface area contributed by atoms with Crippen molar-refractivity contribution in [2.24, 2.45) is 0 Å². The van der Waals surface area contributed by atoms with Gasteiger partial charge in [0, 0.05) is 42.7 Å². The SMILES string of the molecule is Cc1noc(C)c1CN1CCCC12CCN(Cc1csnn1)CC2. The van der Waals surface area contributed by atoms with Crippen molar-refractivity contribution in [2.45, 2.75) is 58.2 Å². The molecule has 0 saturated carbocycles. The summed E-state index contributed by atoms with van der Waals surface area (Å²) in [5, 5.41) is 10.4. The number of aromatic nitrogens is 3. The fourth-order valence-corrected chi connectivity index (χ4v) is 4.78. The summed E-state index contributed by atoms with van der Waals surface area (Å²) in [7, 11) is 0. The third-order valence-electron chi connectivity index (χ3n) is 5.85. The third kappa shape index (κ3) is 3.00. The smallest absolute Gasteiger partial charge is 0.138 e. The number of hydrogen-bond donors (Lipinski definition) is 0. The molecule has 4 rings (SSSR count). The molecule has 2 fully saturated rings. The zero-order chi connectivity index (χ0) is 16.6. The molecule has 2 aliphatic rings. The molecule has 2 aliphatic heterocycles.